The maximum atomic E-state index is 13.2. The van der Waals surface area contributed by atoms with E-state index in [0.29, 0.717) is 18.1 Å². The molecule has 138 valence electrons. The first-order valence-electron chi connectivity index (χ1n) is 8.43. The molecule has 1 unspecified atom stereocenters. The minimum absolute atomic E-state index is 0.0793. The molecule has 0 amide bonds. The van der Waals surface area contributed by atoms with Crippen molar-refractivity contribution in [2.45, 2.75) is 44.2 Å². The number of aryl methyl sites for hydroxylation is 1. The molecular weight excluding hydrogens is 374 g/mol. The van der Waals surface area contributed by atoms with Crippen LogP contribution in [0.5, 0.6) is 0 Å². The van der Waals surface area contributed by atoms with Gasteiger partial charge in [0.15, 0.2) is 5.76 Å². The summed E-state index contributed by atoms with van der Waals surface area (Å²) >= 11 is 1.48. The molecule has 1 aliphatic heterocycles. The average molecular weight is 393 g/mol. The number of sulfonamides is 1. The fourth-order valence-corrected chi connectivity index (χ4v) is 5.61. The fraction of sp³-hybridized carbons (Fsp3) is 0.412. The maximum absolute atomic E-state index is 13.2. The summed E-state index contributed by atoms with van der Waals surface area (Å²) in [6.45, 7) is 4.15. The van der Waals surface area contributed by atoms with E-state index in [0.717, 1.165) is 35.5 Å². The molecule has 0 bridgehead atoms. The van der Waals surface area contributed by atoms with Crippen LogP contribution in [0.15, 0.2) is 37.7 Å². The minimum atomic E-state index is -3.76. The van der Waals surface area contributed by atoms with Gasteiger partial charge in [-0.2, -0.15) is 4.31 Å². The van der Waals surface area contributed by atoms with Gasteiger partial charge in [-0.15, -0.1) is 11.3 Å². The first kappa shape index (κ1) is 17.4. The van der Waals surface area contributed by atoms with Gasteiger partial charge in [0.2, 0.25) is 10.9 Å². The first-order chi connectivity index (χ1) is 12.5. The van der Waals surface area contributed by atoms with Gasteiger partial charge in [-0.25, -0.2) is 13.4 Å². The van der Waals surface area contributed by atoms with E-state index >= 15 is 0 Å². The summed E-state index contributed by atoms with van der Waals surface area (Å²) in [7, 11) is -3.76. The zero-order chi connectivity index (χ0) is 18.3. The zero-order valence-corrected chi connectivity index (χ0v) is 16.1. The van der Waals surface area contributed by atoms with Crippen LogP contribution in [0.2, 0.25) is 0 Å². The number of nitrogens with zero attached hydrogens (tertiary/aromatic N) is 3. The monoisotopic (exact) mass is 393 g/mol. The smallest absolute Gasteiger partial charge is 0.277 e. The van der Waals surface area contributed by atoms with E-state index in [-0.39, 0.29) is 11.1 Å². The highest BCUT2D eigenvalue weighted by Gasteiger charge is 2.37. The molecule has 3 aromatic rings. The van der Waals surface area contributed by atoms with Crippen molar-refractivity contribution in [3.05, 3.63) is 40.0 Å². The van der Waals surface area contributed by atoms with E-state index in [1.807, 2.05) is 19.2 Å². The summed E-state index contributed by atoms with van der Waals surface area (Å²) < 4.78 is 38.8. The van der Waals surface area contributed by atoms with Gasteiger partial charge >= 0.3 is 0 Å². The number of thiazole rings is 1. The van der Waals surface area contributed by atoms with Crippen LogP contribution in [0, 0.1) is 13.8 Å². The Labute approximate surface area is 155 Å². The van der Waals surface area contributed by atoms with E-state index in [1.165, 1.54) is 21.7 Å². The fourth-order valence-electron chi connectivity index (χ4n) is 3.18. The second kappa shape index (κ2) is 6.64. The van der Waals surface area contributed by atoms with Crippen LogP contribution < -0.4 is 0 Å². The summed E-state index contributed by atoms with van der Waals surface area (Å²) in [5, 5.41) is 6.51. The molecule has 4 heterocycles. The Hall–Kier alpha value is -1.97. The van der Waals surface area contributed by atoms with Crippen LogP contribution in [-0.4, -0.2) is 29.4 Å². The van der Waals surface area contributed by atoms with Crippen LogP contribution in [0.3, 0.4) is 0 Å². The van der Waals surface area contributed by atoms with Crippen molar-refractivity contribution in [3.63, 3.8) is 0 Å². The van der Waals surface area contributed by atoms with Crippen LogP contribution in [0.4, 0.5) is 0 Å². The number of aromatic nitrogens is 2. The van der Waals surface area contributed by atoms with Crippen molar-refractivity contribution in [1.29, 1.82) is 0 Å². The third kappa shape index (κ3) is 2.89. The Morgan fingerprint density at radius 2 is 2.12 bits per heavy atom. The van der Waals surface area contributed by atoms with Crippen molar-refractivity contribution in [1.82, 2.24) is 14.4 Å². The number of furan rings is 1. The molecule has 1 aliphatic rings. The Bertz CT molecular complexity index is 1000. The molecule has 26 heavy (non-hydrogen) atoms. The van der Waals surface area contributed by atoms with E-state index < -0.39 is 10.0 Å². The zero-order valence-electron chi connectivity index (χ0n) is 14.5. The molecule has 7 nitrogen and oxygen atoms in total. The van der Waals surface area contributed by atoms with E-state index in [9.17, 15) is 8.42 Å². The molecule has 0 spiro atoms. The number of hydrogen-bond donors (Lipinski definition) is 0. The lowest BCUT2D eigenvalue weighted by Gasteiger charge is -2.32. The van der Waals surface area contributed by atoms with Crippen molar-refractivity contribution < 1.29 is 17.4 Å². The topological polar surface area (TPSA) is 89.4 Å². The molecule has 1 saturated heterocycles. The summed E-state index contributed by atoms with van der Waals surface area (Å²) in [5.41, 5.74) is 1.59. The third-order valence-corrected chi connectivity index (χ3v) is 7.37. The molecular formula is C17H19N3O4S2. The van der Waals surface area contributed by atoms with Crippen molar-refractivity contribution in [2.75, 3.05) is 6.54 Å². The highest BCUT2D eigenvalue weighted by Crippen LogP contribution is 2.37. The molecule has 0 N–H and O–H groups in total. The average Bonchev–Trinajstić information content (AvgIpc) is 3.38. The Morgan fingerprint density at radius 1 is 1.27 bits per heavy atom. The second-order valence-electron chi connectivity index (χ2n) is 6.34. The van der Waals surface area contributed by atoms with Crippen LogP contribution in [0.1, 0.15) is 41.6 Å². The molecule has 9 heteroatoms. The highest BCUT2D eigenvalue weighted by molar-refractivity contribution is 7.89. The summed E-state index contributed by atoms with van der Waals surface area (Å²) in [6, 6.07) is 2.86. The number of rotatable bonds is 4. The van der Waals surface area contributed by atoms with Crippen molar-refractivity contribution in [2.24, 2.45) is 0 Å². The van der Waals surface area contributed by atoms with Gasteiger partial charge in [0.05, 0.1) is 11.7 Å². The number of hydrogen-bond acceptors (Lipinski definition) is 7. The first-order valence-corrected chi connectivity index (χ1v) is 10.7. The second-order valence-corrected chi connectivity index (χ2v) is 9.09. The molecule has 0 aromatic carbocycles. The Kier molecular flexibility index (Phi) is 4.45. The van der Waals surface area contributed by atoms with Gasteiger partial charge in [0.1, 0.15) is 5.01 Å². The van der Waals surface area contributed by atoms with Crippen molar-refractivity contribution in [3.8, 4) is 11.5 Å². The minimum Gasteiger partial charge on any atom is -0.440 e. The molecule has 0 aliphatic carbocycles. The summed E-state index contributed by atoms with van der Waals surface area (Å²) in [5.74, 6) is 0.823. The predicted octanol–water partition coefficient (Wildman–Crippen LogP) is 3.92. The van der Waals surface area contributed by atoms with Crippen LogP contribution in [-0.2, 0) is 10.0 Å². The molecule has 3 aromatic heterocycles. The van der Waals surface area contributed by atoms with E-state index in [2.05, 4.69) is 10.1 Å². The standard InChI is InChI=1S/C17H19N3O4S2/c1-11-12(2)19-24-16(11)14-6-7-15(23-14)26(21,22)20-9-4-3-5-13(20)17-18-8-10-25-17/h6-8,10,13H,3-5,9H2,1-2H3. The Morgan fingerprint density at radius 3 is 2.81 bits per heavy atom. The summed E-state index contributed by atoms with van der Waals surface area (Å²) in [6.07, 6.45) is 4.28. The van der Waals surface area contributed by atoms with Gasteiger partial charge in [-0.3, -0.25) is 0 Å². The van der Waals surface area contributed by atoms with E-state index in [4.69, 9.17) is 8.94 Å². The molecule has 1 atom stereocenters. The quantitative estimate of drug-likeness (QED) is 0.667. The van der Waals surface area contributed by atoms with Gasteiger partial charge in [-0.05, 0) is 38.8 Å². The Balaban J connectivity index is 1.69. The number of piperidine rings is 1. The maximum Gasteiger partial charge on any atom is 0.277 e. The molecule has 1 fully saturated rings. The molecule has 0 saturated carbocycles. The normalized spacial score (nSPS) is 19.1. The van der Waals surface area contributed by atoms with Gasteiger partial charge in [-0.1, -0.05) is 11.6 Å². The third-order valence-electron chi connectivity index (χ3n) is 4.72. The van der Waals surface area contributed by atoms with Gasteiger partial charge in [0.25, 0.3) is 10.0 Å². The van der Waals surface area contributed by atoms with Crippen LogP contribution in [0.25, 0.3) is 11.5 Å². The van der Waals surface area contributed by atoms with Crippen molar-refractivity contribution >= 4 is 21.4 Å². The largest absolute Gasteiger partial charge is 0.440 e. The lowest BCUT2D eigenvalue weighted by atomic mass is 10.1. The summed E-state index contributed by atoms with van der Waals surface area (Å²) in [4.78, 5) is 4.32. The molecule has 4 rings (SSSR count). The van der Waals surface area contributed by atoms with Gasteiger partial charge in [0, 0.05) is 23.7 Å². The van der Waals surface area contributed by atoms with E-state index in [1.54, 1.807) is 12.3 Å². The lowest BCUT2D eigenvalue weighted by molar-refractivity contribution is 0.249. The van der Waals surface area contributed by atoms with Crippen LogP contribution >= 0.6 is 11.3 Å². The molecule has 0 radical (unpaired) electrons. The predicted molar refractivity (Wildman–Crippen MR) is 96.3 cm³/mol. The van der Waals surface area contributed by atoms with Gasteiger partial charge < -0.3 is 8.94 Å². The lowest BCUT2D eigenvalue weighted by Crippen LogP contribution is -2.38. The highest BCUT2D eigenvalue weighted by atomic mass is 32.2. The SMILES string of the molecule is Cc1noc(-c2ccc(S(=O)(=O)N3CCCCC3c3nccs3)o2)c1C.